The average Bonchev–Trinajstić information content (AvgIpc) is 2.42. The number of hydrogen-bond acceptors (Lipinski definition) is 3. The number of carboxylic acid groups (broad SMARTS) is 1. The van der Waals surface area contributed by atoms with Crippen LogP contribution in [-0.4, -0.2) is 54.6 Å². The molecule has 2 atom stereocenters. The van der Waals surface area contributed by atoms with Crippen molar-refractivity contribution in [3.63, 3.8) is 0 Å². The van der Waals surface area contributed by atoms with E-state index < -0.39 is 19.0 Å². The molecular formula is C14H23F2NO4. The molecule has 0 bridgehead atoms. The summed E-state index contributed by atoms with van der Waals surface area (Å²) in [4.78, 5) is 24.4. The van der Waals surface area contributed by atoms with Crippen LogP contribution < -0.4 is 0 Å². The highest BCUT2D eigenvalue weighted by Crippen LogP contribution is 2.26. The van der Waals surface area contributed by atoms with Gasteiger partial charge in [-0.2, -0.15) is 0 Å². The number of rotatable bonds is 8. The molecule has 1 N–H and O–H groups in total. The summed E-state index contributed by atoms with van der Waals surface area (Å²) in [6.45, 7) is 2.42. The summed E-state index contributed by atoms with van der Waals surface area (Å²) in [5, 5.41) is 8.82. The molecule has 0 aromatic heterocycles. The molecule has 1 heterocycles. The molecule has 1 rings (SSSR count). The van der Waals surface area contributed by atoms with Crippen LogP contribution in [0.2, 0.25) is 0 Å². The average molecular weight is 307 g/mol. The summed E-state index contributed by atoms with van der Waals surface area (Å²) >= 11 is 0. The topological polar surface area (TPSA) is 66.8 Å². The molecule has 1 aliphatic rings. The van der Waals surface area contributed by atoms with Crippen LogP contribution in [0.3, 0.4) is 0 Å². The predicted octanol–water partition coefficient (Wildman–Crippen LogP) is 2.01. The van der Waals surface area contributed by atoms with Crippen LogP contribution in [0, 0.1) is 11.8 Å². The lowest BCUT2D eigenvalue weighted by atomic mass is 9.84. The van der Waals surface area contributed by atoms with Crippen molar-refractivity contribution < 1.29 is 28.2 Å². The van der Waals surface area contributed by atoms with Gasteiger partial charge in [-0.05, 0) is 24.7 Å². The lowest BCUT2D eigenvalue weighted by Gasteiger charge is -2.35. The number of halogens is 2. The number of ether oxygens (including phenoxy) is 1. The number of aliphatic carboxylic acids is 1. The third-order valence-corrected chi connectivity index (χ3v) is 3.82. The first-order valence-corrected chi connectivity index (χ1v) is 7.25. The van der Waals surface area contributed by atoms with Crippen LogP contribution in [-0.2, 0) is 14.3 Å². The van der Waals surface area contributed by atoms with Gasteiger partial charge in [0, 0.05) is 19.5 Å². The fourth-order valence-electron chi connectivity index (χ4n) is 2.63. The lowest BCUT2D eigenvalue weighted by molar-refractivity contribution is -0.138. The molecule has 0 saturated carbocycles. The van der Waals surface area contributed by atoms with Crippen LogP contribution in [0.1, 0.15) is 32.6 Å². The first-order valence-electron chi connectivity index (χ1n) is 7.25. The van der Waals surface area contributed by atoms with Crippen molar-refractivity contribution in [3.8, 4) is 0 Å². The maximum atomic E-state index is 12.0. The van der Waals surface area contributed by atoms with Crippen molar-refractivity contribution in [2.75, 3.05) is 26.3 Å². The van der Waals surface area contributed by atoms with Crippen LogP contribution in [0.15, 0.2) is 0 Å². The number of likely N-dealkylation sites (tertiary alicyclic amines) is 1. The molecule has 0 spiro atoms. The smallest absolute Gasteiger partial charge is 0.303 e. The second-order valence-electron chi connectivity index (χ2n) is 5.53. The zero-order valence-corrected chi connectivity index (χ0v) is 12.3. The van der Waals surface area contributed by atoms with E-state index in [1.54, 1.807) is 4.90 Å². The summed E-state index contributed by atoms with van der Waals surface area (Å²) in [6, 6.07) is 0. The Labute approximate surface area is 123 Å². The summed E-state index contributed by atoms with van der Waals surface area (Å²) in [7, 11) is 0. The van der Waals surface area contributed by atoms with E-state index in [0.29, 0.717) is 13.1 Å². The Morgan fingerprint density at radius 1 is 1.43 bits per heavy atom. The first-order chi connectivity index (χ1) is 9.90. The largest absolute Gasteiger partial charge is 0.481 e. The lowest BCUT2D eigenvalue weighted by Crippen LogP contribution is -2.42. The van der Waals surface area contributed by atoms with Gasteiger partial charge in [0.25, 0.3) is 6.43 Å². The maximum absolute atomic E-state index is 12.0. The number of carbonyl (C=O) groups excluding carboxylic acids is 1. The molecule has 1 fully saturated rings. The quantitative estimate of drug-likeness (QED) is 0.697. The van der Waals surface area contributed by atoms with E-state index in [-0.39, 0.29) is 37.2 Å². The Morgan fingerprint density at radius 2 is 2.14 bits per heavy atom. The van der Waals surface area contributed by atoms with Crippen LogP contribution in [0.4, 0.5) is 8.78 Å². The van der Waals surface area contributed by atoms with E-state index in [1.807, 2.05) is 6.92 Å². The number of alkyl halides is 2. The van der Waals surface area contributed by atoms with Crippen LogP contribution >= 0.6 is 0 Å². The van der Waals surface area contributed by atoms with Gasteiger partial charge in [0.05, 0.1) is 13.0 Å². The highest BCUT2D eigenvalue weighted by molar-refractivity contribution is 5.76. The molecule has 1 amide bonds. The monoisotopic (exact) mass is 307 g/mol. The summed E-state index contributed by atoms with van der Waals surface area (Å²) in [5.41, 5.74) is 0. The number of hydrogen-bond donors (Lipinski definition) is 1. The minimum absolute atomic E-state index is 0.00494. The Balaban J connectivity index is 2.34. The second-order valence-corrected chi connectivity index (χ2v) is 5.53. The molecule has 7 heteroatoms. The molecule has 122 valence electrons. The SMILES string of the molecule is CC(CC(=O)O)C1CCCN(C(=O)CCOCC(F)F)C1. The van der Waals surface area contributed by atoms with E-state index >= 15 is 0 Å². The van der Waals surface area contributed by atoms with Crippen molar-refractivity contribution >= 4 is 11.9 Å². The molecule has 1 saturated heterocycles. The van der Waals surface area contributed by atoms with Crippen molar-refractivity contribution in [1.82, 2.24) is 4.90 Å². The Bertz CT molecular complexity index is 352. The Kier molecular flexibility index (Phi) is 7.56. The highest BCUT2D eigenvalue weighted by atomic mass is 19.3. The van der Waals surface area contributed by atoms with Gasteiger partial charge in [-0.3, -0.25) is 9.59 Å². The van der Waals surface area contributed by atoms with Gasteiger partial charge in [0.2, 0.25) is 5.91 Å². The molecule has 0 radical (unpaired) electrons. The van der Waals surface area contributed by atoms with Crippen molar-refractivity contribution in [1.29, 1.82) is 0 Å². The molecule has 1 aliphatic heterocycles. The van der Waals surface area contributed by atoms with E-state index in [0.717, 1.165) is 12.8 Å². The fraction of sp³-hybridized carbons (Fsp3) is 0.857. The van der Waals surface area contributed by atoms with Crippen molar-refractivity contribution in [2.45, 2.75) is 39.0 Å². The Morgan fingerprint density at radius 3 is 2.76 bits per heavy atom. The summed E-state index contributed by atoms with van der Waals surface area (Å²) in [5.74, 6) is -0.739. The van der Waals surface area contributed by atoms with Gasteiger partial charge in [-0.25, -0.2) is 8.78 Å². The molecule has 2 unspecified atom stereocenters. The molecule has 0 aromatic rings. The number of piperidine rings is 1. The summed E-state index contributed by atoms with van der Waals surface area (Å²) in [6.07, 6.45) is -0.564. The van der Waals surface area contributed by atoms with E-state index in [2.05, 4.69) is 0 Å². The van der Waals surface area contributed by atoms with Crippen molar-refractivity contribution in [3.05, 3.63) is 0 Å². The van der Waals surface area contributed by atoms with E-state index in [1.165, 1.54) is 0 Å². The standard InChI is InChI=1S/C14H23F2NO4/c1-10(7-14(19)20)11-3-2-5-17(8-11)13(18)4-6-21-9-12(15)16/h10-12H,2-9H2,1H3,(H,19,20). The number of nitrogens with zero attached hydrogens (tertiary/aromatic N) is 1. The van der Waals surface area contributed by atoms with Crippen LogP contribution in [0.5, 0.6) is 0 Å². The normalized spacial score (nSPS) is 20.6. The van der Waals surface area contributed by atoms with Gasteiger partial charge in [0.1, 0.15) is 6.61 Å². The fourth-order valence-corrected chi connectivity index (χ4v) is 2.63. The number of carbonyl (C=O) groups is 2. The molecule has 5 nitrogen and oxygen atoms in total. The van der Waals surface area contributed by atoms with Gasteiger partial charge in [-0.1, -0.05) is 6.92 Å². The first kappa shape index (κ1) is 17.8. The number of carboxylic acids is 1. The predicted molar refractivity (Wildman–Crippen MR) is 72.2 cm³/mol. The van der Waals surface area contributed by atoms with Crippen molar-refractivity contribution in [2.24, 2.45) is 11.8 Å². The molecule has 21 heavy (non-hydrogen) atoms. The molecular weight excluding hydrogens is 284 g/mol. The Hall–Kier alpha value is -1.24. The zero-order chi connectivity index (χ0) is 15.8. The van der Waals surface area contributed by atoms with Gasteiger partial charge in [-0.15, -0.1) is 0 Å². The maximum Gasteiger partial charge on any atom is 0.303 e. The molecule has 0 aromatic carbocycles. The third-order valence-electron chi connectivity index (χ3n) is 3.82. The molecule has 0 aliphatic carbocycles. The van der Waals surface area contributed by atoms with Crippen LogP contribution in [0.25, 0.3) is 0 Å². The minimum atomic E-state index is -2.52. The second kappa shape index (κ2) is 8.92. The highest BCUT2D eigenvalue weighted by Gasteiger charge is 2.28. The number of amides is 1. The van der Waals surface area contributed by atoms with E-state index in [4.69, 9.17) is 9.84 Å². The van der Waals surface area contributed by atoms with Gasteiger partial charge < -0.3 is 14.7 Å². The minimum Gasteiger partial charge on any atom is -0.481 e. The van der Waals surface area contributed by atoms with Gasteiger partial charge in [0.15, 0.2) is 0 Å². The summed E-state index contributed by atoms with van der Waals surface area (Å²) < 4.78 is 28.5. The zero-order valence-electron chi connectivity index (χ0n) is 12.3. The van der Waals surface area contributed by atoms with E-state index in [9.17, 15) is 18.4 Å². The van der Waals surface area contributed by atoms with Gasteiger partial charge >= 0.3 is 5.97 Å². The third kappa shape index (κ3) is 6.84.